The molecule has 3 fully saturated rings. The van der Waals surface area contributed by atoms with Gasteiger partial charge in [-0.15, -0.1) is 11.8 Å². The summed E-state index contributed by atoms with van der Waals surface area (Å²) in [6.07, 6.45) is 9.32. The van der Waals surface area contributed by atoms with E-state index in [4.69, 9.17) is 14.2 Å². The lowest BCUT2D eigenvalue weighted by molar-refractivity contribution is -0.187. The summed E-state index contributed by atoms with van der Waals surface area (Å²) in [5.41, 5.74) is 0. The van der Waals surface area contributed by atoms with E-state index in [9.17, 15) is 9.59 Å². The van der Waals surface area contributed by atoms with Gasteiger partial charge in [0.05, 0.1) is 26.4 Å². The maximum atomic E-state index is 13.8. The minimum Gasteiger partial charge on any atom is -0.468 e. The average Bonchev–Trinajstić information content (AvgIpc) is 3.36. The minimum atomic E-state index is -0.464. The number of nitrogens with zero attached hydrogens (tertiary/aromatic N) is 1. The molecule has 1 spiro atoms. The fourth-order valence-corrected chi connectivity index (χ4v) is 7.25. The number of amides is 1. The van der Waals surface area contributed by atoms with Crippen LogP contribution in [0, 0.1) is 11.8 Å². The van der Waals surface area contributed by atoms with Crippen LogP contribution in [-0.4, -0.2) is 60.2 Å². The molecule has 30 heavy (non-hydrogen) atoms. The summed E-state index contributed by atoms with van der Waals surface area (Å²) in [5, 5.41) is -0.425. The molecule has 0 aromatic heterocycles. The highest BCUT2D eigenvalue weighted by atomic mass is 79.9. The quantitative estimate of drug-likeness (QED) is 0.537. The van der Waals surface area contributed by atoms with Crippen molar-refractivity contribution in [2.24, 2.45) is 11.8 Å². The summed E-state index contributed by atoms with van der Waals surface area (Å²) in [6.45, 7) is 3.56. The molecule has 168 valence electrons. The lowest BCUT2D eigenvalue weighted by Gasteiger charge is -2.45. The molecule has 2 atom stereocenters. The maximum Gasteiger partial charge on any atom is 0.321 e. The van der Waals surface area contributed by atoms with Crippen LogP contribution in [0.4, 0.5) is 0 Å². The molecule has 6 nitrogen and oxygen atoms in total. The molecule has 2 aliphatic heterocycles. The van der Waals surface area contributed by atoms with Crippen LogP contribution < -0.4 is 0 Å². The smallest absolute Gasteiger partial charge is 0.321 e. The summed E-state index contributed by atoms with van der Waals surface area (Å²) in [6, 6.07) is -0.198. The highest BCUT2D eigenvalue weighted by Crippen LogP contribution is 2.44. The molecule has 1 saturated heterocycles. The Morgan fingerprint density at radius 2 is 1.77 bits per heavy atom. The van der Waals surface area contributed by atoms with Crippen molar-refractivity contribution < 1.29 is 23.8 Å². The summed E-state index contributed by atoms with van der Waals surface area (Å²) < 4.78 is 17.8. The van der Waals surface area contributed by atoms with Gasteiger partial charge in [0.2, 0.25) is 5.91 Å². The second-order valence-electron chi connectivity index (χ2n) is 9.06. The lowest BCUT2D eigenvalue weighted by Crippen LogP contribution is -2.55. The number of hydrogen-bond acceptors (Lipinski definition) is 6. The molecule has 2 saturated carbocycles. The van der Waals surface area contributed by atoms with Crippen LogP contribution in [0.1, 0.15) is 58.3 Å². The molecule has 0 aromatic carbocycles. The summed E-state index contributed by atoms with van der Waals surface area (Å²) in [4.78, 5) is 28.4. The van der Waals surface area contributed by atoms with Crippen LogP contribution in [0.15, 0.2) is 9.89 Å². The Labute approximate surface area is 191 Å². The number of halogens is 1. The first kappa shape index (κ1) is 22.6. The van der Waals surface area contributed by atoms with Gasteiger partial charge < -0.3 is 19.1 Å². The van der Waals surface area contributed by atoms with E-state index in [2.05, 4.69) is 22.9 Å². The van der Waals surface area contributed by atoms with Gasteiger partial charge in [-0.05, 0) is 66.4 Å². The van der Waals surface area contributed by atoms with Gasteiger partial charge >= 0.3 is 5.97 Å². The van der Waals surface area contributed by atoms with E-state index in [1.54, 1.807) is 0 Å². The topological polar surface area (TPSA) is 65.1 Å². The lowest BCUT2D eigenvalue weighted by atomic mass is 9.81. The van der Waals surface area contributed by atoms with Gasteiger partial charge in [-0.2, -0.15) is 0 Å². The molecule has 4 rings (SSSR count). The standard InChI is InChI=1S/C22H32BrNO5S/c1-14-3-5-15(6-4-14)20(25)24(17-13-18(23)30-19(17)21(26)27-2)16-7-9-22(10-8-16)28-11-12-29-22/h13-17,19H,3-12H2,1-2H3. The average molecular weight is 502 g/mol. The van der Waals surface area contributed by atoms with E-state index >= 15 is 0 Å². The van der Waals surface area contributed by atoms with E-state index in [1.807, 2.05) is 11.0 Å². The van der Waals surface area contributed by atoms with Crippen LogP contribution in [0.25, 0.3) is 0 Å². The van der Waals surface area contributed by atoms with Gasteiger partial charge in [-0.3, -0.25) is 9.59 Å². The Kier molecular flexibility index (Phi) is 7.17. The van der Waals surface area contributed by atoms with Crippen molar-refractivity contribution in [2.75, 3.05) is 20.3 Å². The Morgan fingerprint density at radius 1 is 1.13 bits per heavy atom. The Balaban J connectivity index is 1.56. The zero-order valence-corrected chi connectivity index (χ0v) is 20.2. The van der Waals surface area contributed by atoms with Gasteiger partial charge in [0.1, 0.15) is 5.25 Å². The van der Waals surface area contributed by atoms with Gasteiger partial charge in [0.15, 0.2) is 5.79 Å². The zero-order chi connectivity index (χ0) is 21.3. The molecule has 8 heteroatoms. The summed E-state index contributed by atoms with van der Waals surface area (Å²) in [7, 11) is 1.42. The number of hydrogen-bond donors (Lipinski definition) is 0. The highest BCUT2D eigenvalue weighted by molar-refractivity contribution is 9.14. The third-order valence-corrected chi connectivity index (χ3v) is 9.06. The molecule has 2 unspecified atom stereocenters. The molecule has 1 amide bonds. The van der Waals surface area contributed by atoms with E-state index < -0.39 is 11.0 Å². The number of thioether (sulfide) groups is 1. The first-order chi connectivity index (χ1) is 14.4. The van der Waals surface area contributed by atoms with E-state index in [0.717, 1.165) is 55.2 Å². The molecule has 0 N–H and O–H groups in total. The minimum absolute atomic E-state index is 0.0483. The number of methoxy groups -OCH3 is 1. The largest absolute Gasteiger partial charge is 0.468 e. The second-order valence-corrected chi connectivity index (χ2v) is 11.6. The third-order valence-electron chi connectivity index (χ3n) is 7.15. The van der Waals surface area contributed by atoms with Crippen molar-refractivity contribution in [3.05, 3.63) is 9.89 Å². The fraction of sp³-hybridized carbons (Fsp3) is 0.818. The van der Waals surface area contributed by atoms with Crippen molar-refractivity contribution in [3.8, 4) is 0 Å². The van der Waals surface area contributed by atoms with Crippen LogP contribution in [0.5, 0.6) is 0 Å². The summed E-state index contributed by atoms with van der Waals surface area (Å²) in [5.74, 6) is 0.197. The number of ether oxygens (including phenoxy) is 3. The van der Waals surface area contributed by atoms with Crippen LogP contribution >= 0.6 is 27.7 Å². The number of esters is 1. The zero-order valence-electron chi connectivity index (χ0n) is 17.8. The van der Waals surface area contributed by atoms with Gasteiger partial charge in [0.25, 0.3) is 0 Å². The molecule has 4 aliphatic rings. The van der Waals surface area contributed by atoms with E-state index in [-0.39, 0.29) is 29.9 Å². The van der Waals surface area contributed by atoms with Crippen molar-refractivity contribution in [1.82, 2.24) is 4.90 Å². The van der Waals surface area contributed by atoms with Crippen molar-refractivity contribution in [2.45, 2.75) is 81.4 Å². The molecule has 0 aromatic rings. The van der Waals surface area contributed by atoms with E-state index in [0.29, 0.717) is 19.1 Å². The Bertz CT molecular complexity index is 677. The van der Waals surface area contributed by atoms with Gasteiger partial charge in [-0.25, -0.2) is 0 Å². The number of carbonyl (C=O) groups excluding carboxylic acids is 2. The molecule has 0 bridgehead atoms. The SMILES string of the molecule is COC(=O)C1SC(Br)=CC1N(C(=O)C1CCC(C)CC1)C1CCC2(CC1)OCCO2. The normalized spacial score (nSPS) is 34.0. The third kappa shape index (κ3) is 4.62. The number of carbonyl (C=O) groups is 2. The van der Waals surface area contributed by atoms with Crippen molar-refractivity contribution in [3.63, 3.8) is 0 Å². The van der Waals surface area contributed by atoms with Crippen LogP contribution in [-0.2, 0) is 23.8 Å². The predicted octanol–water partition coefficient (Wildman–Crippen LogP) is 4.22. The molecule has 2 aliphatic carbocycles. The molecule has 2 heterocycles. The van der Waals surface area contributed by atoms with Crippen molar-refractivity contribution in [1.29, 1.82) is 0 Å². The Hall–Kier alpha value is -0.570. The second kappa shape index (κ2) is 9.51. The number of rotatable bonds is 4. The maximum absolute atomic E-state index is 13.8. The Morgan fingerprint density at radius 3 is 2.37 bits per heavy atom. The van der Waals surface area contributed by atoms with Crippen molar-refractivity contribution >= 4 is 39.6 Å². The first-order valence-corrected chi connectivity index (χ1v) is 12.8. The van der Waals surface area contributed by atoms with Crippen LogP contribution in [0.2, 0.25) is 0 Å². The molecule has 0 radical (unpaired) electrons. The molecular weight excluding hydrogens is 470 g/mol. The predicted molar refractivity (Wildman–Crippen MR) is 119 cm³/mol. The fourth-order valence-electron chi connectivity index (χ4n) is 5.38. The van der Waals surface area contributed by atoms with Gasteiger partial charge in [0, 0.05) is 28.6 Å². The summed E-state index contributed by atoms with van der Waals surface area (Å²) >= 11 is 4.99. The van der Waals surface area contributed by atoms with E-state index in [1.165, 1.54) is 18.9 Å². The van der Waals surface area contributed by atoms with Gasteiger partial charge in [-0.1, -0.05) is 6.92 Å². The monoisotopic (exact) mass is 501 g/mol. The van der Waals surface area contributed by atoms with Crippen LogP contribution in [0.3, 0.4) is 0 Å². The first-order valence-electron chi connectivity index (χ1n) is 11.1. The highest BCUT2D eigenvalue weighted by Gasteiger charge is 2.48. The molecular formula is C22H32BrNO5S.